The molecule has 4 aliphatic heterocycles. The highest BCUT2D eigenvalue weighted by molar-refractivity contribution is 6.09. The van der Waals surface area contributed by atoms with Crippen molar-refractivity contribution in [1.29, 1.82) is 0 Å². The smallest absolute Gasteiger partial charge is 0.335 e. The van der Waals surface area contributed by atoms with Crippen molar-refractivity contribution in [1.82, 2.24) is 9.80 Å². The monoisotopic (exact) mass is 844 g/mol. The molecule has 5 aliphatic rings. The van der Waals surface area contributed by atoms with Gasteiger partial charge in [-0.3, -0.25) is 9.59 Å². The molecule has 4 aromatic carbocycles. The van der Waals surface area contributed by atoms with Crippen molar-refractivity contribution < 1.29 is 28.7 Å². The largest absolute Gasteiger partial charge is 0.463 e. The van der Waals surface area contributed by atoms with Crippen LogP contribution in [0.4, 0.5) is 11.4 Å². The molecule has 4 heterocycles. The van der Waals surface area contributed by atoms with Gasteiger partial charge in [-0.25, -0.2) is 19.6 Å². The number of benzene rings is 4. The van der Waals surface area contributed by atoms with Crippen LogP contribution in [0.3, 0.4) is 0 Å². The molecule has 1 spiro atoms. The Kier molecular flexibility index (Phi) is 10.9. The van der Waals surface area contributed by atoms with Crippen LogP contribution in [0.15, 0.2) is 106 Å². The maximum Gasteiger partial charge on any atom is 0.335 e. The number of aliphatic imine (C=N–C) groups is 2. The Morgan fingerprint density at radius 3 is 1.71 bits per heavy atom. The fourth-order valence-corrected chi connectivity index (χ4v) is 9.06. The summed E-state index contributed by atoms with van der Waals surface area (Å²) in [6.07, 6.45) is 7.97. The fraction of sp³-hybridized carbons (Fsp3) is 0.333. The molecule has 322 valence electrons. The number of amidine groups is 2. The Morgan fingerprint density at radius 2 is 1.16 bits per heavy atom. The SMILES string of the molecule is CCOC(=O)C1=Cc2cc(-c3ccc(C(=O)N4CCC(COC(=O)C5=Cc6cc(-c7ccc(C(=O)N8CCCC8)cc7)ccc6N=C(N)C5(C)C)C4)cc3)ccc2N=C(N)C12CC2. The number of carbonyl (C=O) groups excluding carboxylic acids is 4. The fourth-order valence-electron chi connectivity index (χ4n) is 9.06. The van der Waals surface area contributed by atoms with E-state index in [0.717, 1.165) is 72.2 Å². The first-order valence-electron chi connectivity index (χ1n) is 21.9. The van der Waals surface area contributed by atoms with Gasteiger partial charge in [-0.1, -0.05) is 36.4 Å². The molecule has 1 unspecified atom stereocenters. The van der Waals surface area contributed by atoms with Gasteiger partial charge in [0.2, 0.25) is 0 Å². The van der Waals surface area contributed by atoms with E-state index in [0.29, 0.717) is 64.8 Å². The molecular weight excluding hydrogens is 793 g/mol. The molecule has 0 aromatic heterocycles. The average Bonchev–Trinajstić information content (AvgIpc) is 3.70. The van der Waals surface area contributed by atoms with Gasteiger partial charge in [0.15, 0.2) is 0 Å². The zero-order valence-corrected chi connectivity index (χ0v) is 36.0. The lowest BCUT2D eigenvalue weighted by Gasteiger charge is -2.25. The highest BCUT2D eigenvalue weighted by Crippen LogP contribution is 2.55. The van der Waals surface area contributed by atoms with Crippen molar-refractivity contribution in [2.24, 2.45) is 38.2 Å². The number of amides is 2. The van der Waals surface area contributed by atoms with Crippen molar-refractivity contribution in [2.45, 2.75) is 52.9 Å². The van der Waals surface area contributed by atoms with Crippen molar-refractivity contribution >= 4 is 59.0 Å². The third kappa shape index (κ3) is 7.94. The normalized spacial score (nSPS) is 19.4. The third-order valence-corrected chi connectivity index (χ3v) is 13.3. The third-order valence-electron chi connectivity index (χ3n) is 13.3. The molecule has 1 atom stereocenters. The number of hydrogen-bond donors (Lipinski definition) is 2. The van der Waals surface area contributed by atoms with E-state index in [1.807, 2.05) is 116 Å². The van der Waals surface area contributed by atoms with Crippen LogP contribution in [0.5, 0.6) is 0 Å². The van der Waals surface area contributed by atoms with Gasteiger partial charge in [0.25, 0.3) is 11.8 Å². The summed E-state index contributed by atoms with van der Waals surface area (Å²) in [7, 11) is 0. The van der Waals surface area contributed by atoms with Gasteiger partial charge < -0.3 is 30.7 Å². The van der Waals surface area contributed by atoms with Crippen LogP contribution in [-0.2, 0) is 19.1 Å². The molecule has 12 nitrogen and oxygen atoms in total. The highest BCUT2D eigenvalue weighted by Gasteiger charge is 2.53. The number of esters is 2. The van der Waals surface area contributed by atoms with Crippen LogP contribution in [0.25, 0.3) is 34.4 Å². The van der Waals surface area contributed by atoms with Crippen molar-refractivity contribution in [3.63, 3.8) is 0 Å². The molecule has 2 amide bonds. The summed E-state index contributed by atoms with van der Waals surface area (Å²) in [4.78, 5) is 66.6. The first-order chi connectivity index (χ1) is 30.3. The van der Waals surface area contributed by atoms with Crippen LogP contribution < -0.4 is 11.5 Å². The topological polar surface area (TPSA) is 170 Å². The Hall–Kier alpha value is -6.82. The minimum absolute atomic E-state index is 0.0320. The predicted molar refractivity (Wildman–Crippen MR) is 244 cm³/mol. The van der Waals surface area contributed by atoms with Gasteiger partial charge in [0.1, 0.15) is 11.7 Å². The molecule has 2 saturated heterocycles. The number of fused-ring (bicyclic) bond motifs is 2. The molecule has 12 heteroatoms. The Labute approximate surface area is 367 Å². The summed E-state index contributed by atoms with van der Waals surface area (Å²) in [6.45, 7) is 8.54. The summed E-state index contributed by atoms with van der Waals surface area (Å²) in [6, 6.07) is 26.8. The molecular formula is C51H52N6O6. The van der Waals surface area contributed by atoms with E-state index in [4.69, 9.17) is 30.9 Å². The second-order valence-electron chi connectivity index (χ2n) is 17.7. The van der Waals surface area contributed by atoms with Gasteiger partial charge in [0.05, 0.1) is 46.6 Å². The van der Waals surface area contributed by atoms with Crippen LogP contribution in [0.1, 0.15) is 84.7 Å². The first-order valence-corrected chi connectivity index (χ1v) is 21.9. The summed E-state index contributed by atoms with van der Waals surface area (Å²) >= 11 is 0. The van der Waals surface area contributed by atoms with Crippen molar-refractivity contribution in [2.75, 3.05) is 39.4 Å². The maximum atomic E-state index is 13.9. The van der Waals surface area contributed by atoms with Gasteiger partial charge >= 0.3 is 11.9 Å². The lowest BCUT2D eigenvalue weighted by Crippen LogP contribution is -2.36. The standard InChI is InChI=1S/C51H52N6O6/c1-4-62-47(61)41-28-39-26-37(16-18-43(39)55-49(53)51(41)20-21-51)33-9-13-35(14-10-33)45(59)57-24-19-31(29-57)30-63-46(60)40-27-38-25-36(15-17-42(38)54-48(52)50(40,2)3)32-7-11-34(12-8-32)44(58)56-22-5-6-23-56/h7-18,25-28,31H,4-6,19-24,29-30H2,1-3H3,(H2,52,54)(H2,53,55). The van der Waals surface area contributed by atoms with Crippen molar-refractivity contribution in [3.8, 4) is 22.3 Å². The molecule has 9 rings (SSSR count). The first kappa shape index (κ1) is 41.5. The van der Waals surface area contributed by atoms with Gasteiger partial charge in [0, 0.05) is 54.4 Å². The zero-order chi connectivity index (χ0) is 44.0. The minimum atomic E-state index is -0.903. The Bertz CT molecular complexity index is 2650. The molecule has 0 bridgehead atoms. The minimum Gasteiger partial charge on any atom is -0.463 e. The summed E-state index contributed by atoms with van der Waals surface area (Å²) in [5.74, 6) is -0.169. The van der Waals surface area contributed by atoms with E-state index >= 15 is 0 Å². The van der Waals surface area contributed by atoms with Gasteiger partial charge in [-0.2, -0.15) is 0 Å². The summed E-state index contributed by atoms with van der Waals surface area (Å²) in [5, 5.41) is 0. The molecule has 3 fully saturated rings. The van der Waals surface area contributed by atoms with Crippen LogP contribution >= 0.6 is 0 Å². The van der Waals surface area contributed by atoms with E-state index in [9.17, 15) is 19.2 Å². The van der Waals surface area contributed by atoms with Gasteiger partial charge in [-0.05, 0) is 136 Å². The van der Waals surface area contributed by atoms with E-state index < -0.39 is 16.8 Å². The molecule has 4 aromatic rings. The molecule has 4 N–H and O–H groups in total. The quantitative estimate of drug-likeness (QED) is 0.159. The Balaban J connectivity index is 0.847. The number of rotatable bonds is 9. The van der Waals surface area contributed by atoms with E-state index in [1.54, 1.807) is 11.8 Å². The van der Waals surface area contributed by atoms with Gasteiger partial charge in [-0.15, -0.1) is 0 Å². The number of nitrogens with two attached hydrogens (primary N) is 2. The number of likely N-dealkylation sites (tertiary alicyclic amines) is 2. The number of carbonyl (C=O) groups is 4. The van der Waals surface area contributed by atoms with Crippen LogP contribution in [0.2, 0.25) is 0 Å². The average molecular weight is 845 g/mol. The zero-order valence-electron chi connectivity index (χ0n) is 36.0. The number of nitrogens with zero attached hydrogens (tertiary/aromatic N) is 4. The summed E-state index contributed by atoms with van der Waals surface area (Å²) < 4.78 is 11.4. The predicted octanol–water partition coefficient (Wildman–Crippen LogP) is 8.10. The lowest BCUT2D eigenvalue weighted by molar-refractivity contribution is -0.141. The molecule has 1 saturated carbocycles. The van der Waals surface area contributed by atoms with E-state index in [1.165, 1.54) is 0 Å². The highest BCUT2D eigenvalue weighted by atomic mass is 16.5. The second-order valence-corrected chi connectivity index (χ2v) is 17.7. The summed E-state index contributed by atoms with van der Waals surface area (Å²) in [5.41, 5.74) is 20.2. The number of ether oxygens (including phenoxy) is 2. The molecule has 63 heavy (non-hydrogen) atoms. The maximum absolute atomic E-state index is 13.9. The van der Waals surface area contributed by atoms with Crippen LogP contribution in [0, 0.1) is 16.7 Å². The second kappa shape index (κ2) is 16.5. The van der Waals surface area contributed by atoms with Crippen molar-refractivity contribution in [3.05, 3.63) is 118 Å². The van der Waals surface area contributed by atoms with Crippen LogP contribution in [-0.4, -0.2) is 84.6 Å². The Morgan fingerprint density at radius 1 is 0.651 bits per heavy atom. The number of hydrogen-bond acceptors (Lipinski definition) is 10. The molecule has 0 radical (unpaired) electrons. The molecule has 1 aliphatic carbocycles. The van der Waals surface area contributed by atoms with E-state index in [2.05, 4.69) is 0 Å². The van der Waals surface area contributed by atoms with E-state index in [-0.39, 0.29) is 36.9 Å². The lowest BCUT2D eigenvalue weighted by atomic mass is 9.82.